The molecule has 4 rings (SSSR count). The van der Waals surface area contributed by atoms with Crippen molar-refractivity contribution in [2.24, 2.45) is 0 Å². The van der Waals surface area contributed by atoms with Crippen LogP contribution < -0.4 is 10.3 Å². The molecule has 5 nitrogen and oxygen atoms in total. The zero-order chi connectivity index (χ0) is 19.5. The molecule has 2 heterocycles. The largest absolute Gasteiger partial charge is 0.491 e. The highest BCUT2D eigenvalue weighted by molar-refractivity contribution is 7.13. The van der Waals surface area contributed by atoms with Crippen molar-refractivity contribution in [3.63, 3.8) is 0 Å². The molecule has 1 atom stereocenters. The molecule has 0 aliphatic heterocycles. The van der Waals surface area contributed by atoms with Crippen LogP contribution >= 0.6 is 22.9 Å². The number of thiophene rings is 1. The van der Waals surface area contributed by atoms with E-state index in [1.807, 2.05) is 35.7 Å². The van der Waals surface area contributed by atoms with Crippen LogP contribution in [0.2, 0.25) is 5.02 Å². The van der Waals surface area contributed by atoms with Gasteiger partial charge in [0.1, 0.15) is 24.2 Å². The minimum absolute atomic E-state index is 0.0373. The van der Waals surface area contributed by atoms with Crippen LogP contribution in [0.5, 0.6) is 5.75 Å². The summed E-state index contributed by atoms with van der Waals surface area (Å²) in [6, 6.07) is 18.2. The number of hydrogen-bond donors (Lipinski definition) is 1. The molecule has 7 heteroatoms. The Morgan fingerprint density at radius 2 is 1.82 bits per heavy atom. The Balaban J connectivity index is 1.60. The van der Waals surface area contributed by atoms with Crippen molar-refractivity contribution >= 4 is 33.7 Å². The van der Waals surface area contributed by atoms with Crippen molar-refractivity contribution in [3.05, 3.63) is 81.4 Å². The van der Waals surface area contributed by atoms with Gasteiger partial charge >= 0.3 is 0 Å². The van der Waals surface area contributed by atoms with Gasteiger partial charge in [0.2, 0.25) is 0 Å². The van der Waals surface area contributed by atoms with Crippen LogP contribution in [0.15, 0.2) is 70.8 Å². The second kappa shape index (κ2) is 8.14. The van der Waals surface area contributed by atoms with Gasteiger partial charge in [-0.05, 0) is 41.8 Å². The lowest BCUT2D eigenvalue weighted by atomic mass is 10.1. The highest BCUT2D eigenvalue weighted by Gasteiger charge is 2.15. The Hall–Kier alpha value is -2.67. The van der Waals surface area contributed by atoms with Gasteiger partial charge in [0.15, 0.2) is 0 Å². The maximum Gasteiger partial charge on any atom is 0.274 e. The third-order valence-corrected chi connectivity index (χ3v) is 5.39. The summed E-state index contributed by atoms with van der Waals surface area (Å²) < 4.78 is 6.89. The fraction of sp³-hybridized carbons (Fsp3) is 0.143. The van der Waals surface area contributed by atoms with Gasteiger partial charge in [0.25, 0.3) is 5.56 Å². The number of aromatic nitrogens is 2. The van der Waals surface area contributed by atoms with Crippen LogP contribution in [0, 0.1) is 0 Å². The molecule has 28 heavy (non-hydrogen) atoms. The molecule has 1 unspecified atom stereocenters. The number of hydrogen-bond acceptors (Lipinski definition) is 5. The Morgan fingerprint density at radius 3 is 2.54 bits per heavy atom. The first-order valence-corrected chi connectivity index (χ1v) is 9.98. The standard InChI is InChI=1S/C21H17ClN2O3S/c22-14-7-9-16(10-8-14)27-13-15(25)12-24-21(26)18-5-2-1-4-17(18)20(23-24)19-6-3-11-28-19/h1-11,15,25H,12-13H2. The Bertz CT molecular complexity index is 1140. The van der Waals surface area contributed by atoms with Gasteiger partial charge in [-0.2, -0.15) is 5.10 Å². The van der Waals surface area contributed by atoms with Gasteiger partial charge < -0.3 is 9.84 Å². The lowest BCUT2D eigenvalue weighted by molar-refractivity contribution is 0.0882. The molecule has 142 valence electrons. The van der Waals surface area contributed by atoms with E-state index in [0.29, 0.717) is 16.2 Å². The van der Waals surface area contributed by atoms with Crippen molar-refractivity contribution in [2.45, 2.75) is 12.6 Å². The molecule has 1 N–H and O–H groups in total. The zero-order valence-corrected chi connectivity index (χ0v) is 16.4. The van der Waals surface area contributed by atoms with E-state index < -0.39 is 6.10 Å². The number of rotatable bonds is 6. The van der Waals surface area contributed by atoms with Gasteiger partial charge in [-0.25, -0.2) is 4.68 Å². The van der Waals surface area contributed by atoms with Crippen LogP contribution in [0.25, 0.3) is 21.3 Å². The second-order valence-electron chi connectivity index (χ2n) is 6.28. The monoisotopic (exact) mass is 412 g/mol. The van der Waals surface area contributed by atoms with E-state index >= 15 is 0 Å². The first kappa shape index (κ1) is 18.7. The molecule has 0 spiro atoms. The number of nitrogens with zero attached hydrogens (tertiary/aromatic N) is 2. The van der Waals surface area contributed by atoms with Gasteiger partial charge in [-0.3, -0.25) is 4.79 Å². The zero-order valence-electron chi connectivity index (χ0n) is 14.8. The fourth-order valence-electron chi connectivity index (χ4n) is 2.93. The third-order valence-electron chi connectivity index (χ3n) is 4.26. The Kier molecular flexibility index (Phi) is 5.43. The first-order chi connectivity index (χ1) is 13.6. The van der Waals surface area contributed by atoms with E-state index in [9.17, 15) is 9.90 Å². The molecular weight excluding hydrogens is 396 g/mol. The summed E-state index contributed by atoms with van der Waals surface area (Å²) in [5.74, 6) is 0.599. The highest BCUT2D eigenvalue weighted by atomic mass is 35.5. The van der Waals surface area contributed by atoms with E-state index in [0.717, 1.165) is 16.0 Å². The predicted molar refractivity (Wildman–Crippen MR) is 112 cm³/mol. The van der Waals surface area contributed by atoms with Crippen molar-refractivity contribution in [2.75, 3.05) is 6.61 Å². The van der Waals surface area contributed by atoms with Crippen molar-refractivity contribution in [1.29, 1.82) is 0 Å². The number of benzene rings is 2. The minimum Gasteiger partial charge on any atom is -0.491 e. The van der Waals surface area contributed by atoms with Gasteiger partial charge in [0, 0.05) is 10.4 Å². The quantitative estimate of drug-likeness (QED) is 0.515. The smallest absolute Gasteiger partial charge is 0.274 e. The lowest BCUT2D eigenvalue weighted by Crippen LogP contribution is -2.32. The molecule has 0 fully saturated rings. The van der Waals surface area contributed by atoms with E-state index in [1.165, 1.54) is 4.68 Å². The fourth-order valence-corrected chi connectivity index (χ4v) is 3.78. The van der Waals surface area contributed by atoms with E-state index in [4.69, 9.17) is 16.3 Å². The highest BCUT2D eigenvalue weighted by Crippen LogP contribution is 2.28. The average Bonchev–Trinajstić information content (AvgIpc) is 3.24. The number of aliphatic hydroxyl groups excluding tert-OH is 1. The number of ether oxygens (including phenoxy) is 1. The van der Waals surface area contributed by atoms with Gasteiger partial charge in [-0.1, -0.05) is 35.9 Å². The maximum atomic E-state index is 12.8. The average molecular weight is 413 g/mol. The Labute approximate surface area is 170 Å². The summed E-state index contributed by atoms with van der Waals surface area (Å²) in [7, 11) is 0. The molecule has 0 saturated heterocycles. The van der Waals surface area contributed by atoms with Crippen molar-refractivity contribution in [3.8, 4) is 16.3 Å². The van der Waals surface area contributed by atoms with Crippen LogP contribution in [-0.2, 0) is 6.54 Å². The SMILES string of the molecule is O=c1c2ccccc2c(-c2cccs2)nn1CC(O)COc1ccc(Cl)cc1. The molecule has 0 radical (unpaired) electrons. The topological polar surface area (TPSA) is 64.4 Å². The molecule has 0 bridgehead atoms. The van der Waals surface area contributed by atoms with Crippen molar-refractivity contribution in [1.82, 2.24) is 9.78 Å². The number of aliphatic hydroxyl groups is 1. The lowest BCUT2D eigenvalue weighted by Gasteiger charge is -2.15. The molecule has 0 amide bonds. The van der Waals surface area contributed by atoms with E-state index in [-0.39, 0.29) is 18.7 Å². The summed E-state index contributed by atoms with van der Waals surface area (Å²) in [4.78, 5) is 13.8. The predicted octanol–water partition coefficient (Wildman–Crippen LogP) is 4.22. The number of halogens is 1. The van der Waals surface area contributed by atoms with Gasteiger partial charge in [0.05, 0.1) is 16.8 Å². The number of fused-ring (bicyclic) bond motifs is 1. The molecule has 2 aromatic heterocycles. The summed E-state index contributed by atoms with van der Waals surface area (Å²) in [5, 5.41) is 18.9. The van der Waals surface area contributed by atoms with E-state index in [2.05, 4.69) is 5.10 Å². The molecular formula is C21H17ClN2O3S. The van der Waals surface area contributed by atoms with Crippen molar-refractivity contribution < 1.29 is 9.84 Å². The van der Waals surface area contributed by atoms with Crippen LogP contribution in [0.1, 0.15) is 0 Å². The molecule has 0 aliphatic carbocycles. The Morgan fingerprint density at radius 1 is 1.07 bits per heavy atom. The van der Waals surface area contributed by atoms with Gasteiger partial charge in [-0.15, -0.1) is 11.3 Å². The van der Waals surface area contributed by atoms with Crippen LogP contribution in [-0.4, -0.2) is 27.6 Å². The van der Waals surface area contributed by atoms with E-state index in [1.54, 1.807) is 41.7 Å². The second-order valence-corrected chi connectivity index (χ2v) is 7.66. The molecule has 4 aromatic rings. The summed E-state index contributed by atoms with van der Waals surface area (Å²) >= 11 is 7.41. The summed E-state index contributed by atoms with van der Waals surface area (Å²) in [5.41, 5.74) is 0.498. The minimum atomic E-state index is -0.891. The molecule has 0 saturated carbocycles. The van der Waals surface area contributed by atoms with Crippen LogP contribution in [0.4, 0.5) is 0 Å². The van der Waals surface area contributed by atoms with Crippen LogP contribution in [0.3, 0.4) is 0 Å². The third kappa shape index (κ3) is 3.94. The first-order valence-electron chi connectivity index (χ1n) is 8.72. The molecule has 2 aromatic carbocycles. The summed E-state index contributed by atoms with van der Waals surface area (Å²) in [6.45, 7) is 0.0759. The maximum absolute atomic E-state index is 12.8. The molecule has 0 aliphatic rings. The normalized spacial score (nSPS) is 12.2. The summed E-state index contributed by atoms with van der Waals surface area (Å²) in [6.07, 6.45) is -0.891.